The second-order valence-electron chi connectivity index (χ2n) is 9.37. The second kappa shape index (κ2) is 8.08. The number of rotatable bonds is 2. The van der Waals surface area contributed by atoms with Gasteiger partial charge in [0.05, 0.1) is 26.8 Å². The summed E-state index contributed by atoms with van der Waals surface area (Å²) in [7, 11) is 0. The van der Waals surface area contributed by atoms with Crippen LogP contribution in [0.4, 0.5) is 0 Å². The Morgan fingerprint density at radius 3 is 1.88 bits per heavy atom. The molecular weight excluding hydrogens is 488 g/mol. The molecule has 0 N–H and O–H groups in total. The van der Waals surface area contributed by atoms with E-state index in [1.807, 2.05) is 0 Å². The van der Waals surface area contributed by atoms with Crippen LogP contribution in [-0.2, 0) is 0 Å². The summed E-state index contributed by atoms with van der Waals surface area (Å²) in [6, 6.07) is 0.0148. The highest BCUT2D eigenvalue weighted by Crippen LogP contribution is 2.46. The first-order chi connectivity index (χ1) is 26.1. The lowest BCUT2D eigenvalue weighted by molar-refractivity contribution is 0.616. The monoisotopic (exact) mass is 525 g/mol. The molecule has 9 aromatic rings. The zero-order chi connectivity index (χ0) is 39.3. The molecule has 9 rings (SSSR count). The van der Waals surface area contributed by atoms with Crippen molar-refractivity contribution in [2.45, 2.75) is 0 Å². The summed E-state index contributed by atoms with van der Waals surface area (Å²) in [5.41, 5.74) is 1.04. The van der Waals surface area contributed by atoms with E-state index >= 15 is 0 Å². The Balaban J connectivity index is 1.59. The van der Waals surface area contributed by atoms with Gasteiger partial charge in [0, 0.05) is 16.2 Å². The van der Waals surface area contributed by atoms with E-state index < -0.39 is 107 Å². The lowest BCUT2D eigenvalue weighted by atomic mass is 9.84. The number of furan rings is 2. The summed E-state index contributed by atoms with van der Waals surface area (Å²) in [5, 5.41) is 0.137. The first kappa shape index (κ1) is 11.8. The third-order valence-electron chi connectivity index (χ3n) is 7.27. The van der Waals surface area contributed by atoms with Gasteiger partial charge >= 0.3 is 0 Å². The molecule has 0 fully saturated rings. The zero-order valence-corrected chi connectivity index (χ0v) is 20.4. The highest BCUT2D eigenvalue weighted by molar-refractivity contribution is 6.24. The number of hydrogen-bond donors (Lipinski definition) is 0. The van der Waals surface area contributed by atoms with E-state index in [0.717, 1.165) is 5.39 Å². The van der Waals surface area contributed by atoms with Gasteiger partial charge in [-0.3, -0.25) is 0 Å². The lowest BCUT2D eigenvalue weighted by Gasteiger charge is -2.18. The van der Waals surface area contributed by atoms with Crippen LogP contribution in [0, 0.1) is 0 Å². The summed E-state index contributed by atoms with van der Waals surface area (Å²) in [4.78, 5) is 0. The van der Waals surface area contributed by atoms with Crippen molar-refractivity contribution in [3.63, 3.8) is 0 Å². The van der Waals surface area contributed by atoms with Crippen molar-refractivity contribution < 1.29 is 29.4 Å². The molecule has 7 aromatic carbocycles. The molecule has 0 unspecified atom stereocenters. The Hall–Kier alpha value is -5.34. The number of benzene rings is 7. The van der Waals surface area contributed by atoms with E-state index in [2.05, 4.69) is 0 Å². The Kier molecular flexibility index (Phi) is 2.39. The molecule has 0 aliphatic rings. The largest absolute Gasteiger partial charge is 0.464 e. The minimum absolute atomic E-state index is 0.00373. The molecule has 2 heteroatoms. The van der Waals surface area contributed by atoms with Gasteiger partial charge in [-0.05, 0) is 84.9 Å². The fourth-order valence-corrected chi connectivity index (χ4v) is 5.55. The first-order valence-corrected chi connectivity index (χ1v) is 12.4. The number of hydrogen-bond acceptors (Lipinski definition) is 2. The minimum Gasteiger partial charge on any atom is -0.464 e. The van der Waals surface area contributed by atoms with E-state index in [-0.39, 0.29) is 38.2 Å². The minimum atomic E-state index is -0.762. The van der Waals surface area contributed by atoms with Crippen molar-refractivity contribution in [3.8, 4) is 22.3 Å². The molecule has 2 heterocycles. The molecule has 0 aliphatic heterocycles. The van der Waals surface area contributed by atoms with Gasteiger partial charge in [0.1, 0.15) is 16.7 Å². The third-order valence-corrected chi connectivity index (χ3v) is 7.27. The van der Waals surface area contributed by atoms with Gasteiger partial charge in [0.25, 0.3) is 0 Å². The number of fused-ring (bicyclic) bond motifs is 7. The molecule has 0 amide bonds. The van der Waals surface area contributed by atoms with Crippen LogP contribution in [0.3, 0.4) is 0 Å². The lowest BCUT2D eigenvalue weighted by Crippen LogP contribution is -1.91. The van der Waals surface area contributed by atoms with E-state index in [1.54, 1.807) is 36.4 Å². The highest BCUT2D eigenvalue weighted by Gasteiger charge is 2.19. The maximum absolute atomic E-state index is 9.29. The van der Waals surface area contributed by atoms with Crippen molar-refractivity contribution in [2.75, 3.05) is 0 Å². The highest BCUT2D eigenvalue weighted by atomic mass is 16.3. The van der Waals surface area contributed by atoms with Crippen molar-refractivity contribution in [3.05, 3.63) is 133 Å². The fraction of sp³-hybridized carbons (Fsp3) is 0. The van der Waals surface area contributed by atoms with Gasteiger partial charge in [-0.2, -0.15) is 0 Å². The Labute approximate surface area is 250 Å². The summed E-state index contributed by atoms with van der Waals surface area (Å²) >= 11 is 0. The molecule has 0 aliphatic carbocycles. The van der Waals surface area contributed by atoms with Crippen LogP contribution in [0.25, 0.3) is 87.5 Å². The molecule has 0 bridgehead atoms. The average Bonchev–Trinajstić information content (AvgIpc) is 3.79. The Morgan fingerprint density at radius 2 is 1.10 bits per heavy atom. The molecule has 40 heavy (non-hydrogen) atoms. The van der Waals surface area contributed by atoms with Gasteiger partial charge in [-0.1, -0.05) is 96.7 Å². The van der Waals surface area contributed by atoms with Crippen LogP contribution < -0.4 is 0 Å². The average molecular weight is 526 g/mol. The summed E-state index contributed by atoms with van der Waals surface area (Å²) in [5.74, 6) is 0. The van der Waals surface area contributed by atoms with Gasteiger partial charge in [0.15, 0.2) is 0 Å². The van der Waals surface area contributed by atoms with Gasteiger partial charge < -0.3 is 8.83 Å². The van der Waals surface area contributed by atoms with Crippen molar-refractivity contribution >= 4 is 65.2 Å². The van der Waals surface area contributed by atoms with Crippen LogP contribution in [0.2, 0.25) is 0 Å². The molecule has 0 radical (unpaired) electrons. The smallest absolute Gasteiger partial charge is 0.136 e. The topological polar surface area (TPSA) is 26.3 Å². The second-order valence-corrected chi connectivity index (χ2v) is 9.37. The van der Waals surface area contributed by atoms with Gasteiger partial charge in [-0.15, -0.1) is 0 Å². The van der Waals surface area contributed by atoms with Crippen molar-refractivity contribution in [1.29, 1.82) is 0 Å². The summed E-state index contributed by atoms with van der Waals surface area (Å²) in [6.45, 7) is 0. The van der Waals surface area contributed by atoms with Crippen LogP contribution in [0.5, 0.6) is 0 Å². The first-order valence-electron chi connectivity index (χ1n) is 19.9. The molecule has 0 saturated heterocycles. The van der Waals surface area contributed by atoms with Crippen molar-refractivity contribution in [2.24, 2.45) is 0 Å². The SMILES string of the molecule is [2H]c1c([2H])c([2H])c2c(-c3c4c([2H])c([2H])c([2H])c([2H])c4c(-c4ccc5oc6cc7ccoc7cc6c5c4)c4c([2H])c([2H])c([2H])c([2H])c34)c([2H])c([2H])c([2H])c2c1[2H]. The molecule has 2 nitrogen and oxygen atoms in total. The summed E-state index contributed by atoms with van der Waals surface area (Å²) in [6.07, 6.45) is 1.54. The zero-order valence-electron chi connectivity index (χ0n) is 35.4. The van der Waals surface area contributed by atoms with E-state index in [9.17, 15) is 6.85 Å². The fourth-order valence-electron chi connectivity index (χ4n) is 5.55. The van der Waals surface area contributed by atoms with Crippen LogP contribution >= 0.6 is 0 Å². The maximum atomic E-state index is 9.29. The molecule has 2 aromatic heterocycles. The van der Waals surface area contributed by atoms with Crippen molar-refractivity contribution in [1.82, 2.24) is 0 Å². The van der Waals surface area contributed by atoms with Crippen LogP contribution in [-0.4, -0.2) is 0 Å². The maximum Gasteiger partial charge on any atom is 0.136 e. The predicted octanol–water partition coefficient (Wildman–Crippen LogP) is 11.1. The molecule has 186 valence electrons. The molecule has 0 atom stereocenters. The van der Waals surface area contributed by atoms with E-state index in [1.165, 1.54) is 6.26 Å². The predicted molar refractivity (Wildman–Crippen MR) is 167 cm³/mol. The van der Waals surface area contributed by atoms with E-state index in [0.29, 0.717) is 27.5 Å². The Bertz CT molecular complexity index is 3180. The quantitative estimate of drug-likeness (QED) is 0.210. The van der Waals surface area contributed by atoms with Crippen LogP contribution in [0.1, 0.15) is 20.6 Å². The summed E-state index contributed by atoms with van der Waals surface area (Å²) < 4.78 is 145. The molecule has 0 saturated carbocycles. The van der Waals surface area contributed by atoms with Gasteiger partial charge in [-0.25, -0.2) is 0 Å². The third kappa shape index (κ3) is 2.99. The standard InChI is InChI=1S/C38H22O2/c1-2-10-26-23(8-1)9-7-15-27(26)38-30-13-5-3-11-28(30)37(29-12-4-6-14-31(29)38)25-16-17-34-32(20-25)33-22-35-24(18-19-39-35)21-36(33)40-34/h1-22H/i1D,2D,3D,4D,5D,6D,7D,8D,9D,10D,11D,12D,13D,14D,15D. The van der Waals surface area contributed by atoms with Gasteiger partial charge in [0.2, 0.25) is 0 Å². The normalized spacial score (nSPS) is 17.2. The van der Waals surface area contributed by atoms with E-state index in [4.69, 9.17) is 22.5 Å². The molecular formula is C38H22O2. The van der Waals surface area contributed by atoms with Crippen LogP contribution in [0.15, 0.2) is 142 Å². The Morgan fingerprint density at radius 1 is 0.450 bits per heavy atom. The molecule has 0 spiro atoms.